The Labute approximate surface area is 277 Å². The first kappa shape index (κ1) is 40.5. The van der Waals surface area contributed by atoms with E-state index in [9.17, 15) is 0 Å². The molecule has 0 aliphatic heterocycles. The van der Waals surface area contributed by atoms with Crippen molar-refractivity contribution < 1.29 is 0 Å². The Balaban J connectivity index is 2.69. The topological polar surface area (TPSA) is 23.8 Å². The molecule has 0 radical (unpaired) electrons. The summed E-state index contributed by atoms with van der Waals surface area (Å²) in [6.07, 6.45) is 45.7. The van der Waals surface area contributed by atoms with Crippen LogP contribution in [0.15, 0.2) is 48.6 Å². The molecule has 0 aromatic rings. The maximum Gasteiger partial charge on any atom is 0.0652 e. The molecule has 1 aliphatic carbocycles. The molecule has 0 aromatic heterocycles. The first-order valence-corrected chi connectivity index (χ1v) is 19.6. The minimum absolute atomic E-state index is 0.158. The van der Waals surface area contributed by atoms with E-state index in [2.05, 4.69) is 57.4 Å². The lowest BCUT2D eigenvalue weighted by atomic mass is 9.69. The van der Waals surface area contributed by atoms with Gasteiger partial charge in [-0.1, -0.05) is 146 Å². The van der Waals surface area contributed by atoms with Crippen LogP contribution in [0.1, 0.15) is 194 Å². The third-order valence-corrected chi connectivity index (χ3v) is 10.2. The maximum atomic E-state index is 9.01. The van der Waals surface area contributed by atoms with Crippen LogP contribution in [0.5, 0.6) is 0 Å². The van der Waals surface area contributed by atoms with Crippen LogP contribution in [0, 0.1) is 35.0 Å². The molecule has 4 unspecified atom stereocenters. The lowest BCUT2D eigenvalue weighted by Crippen LogP contribution is -2.24. The summed E-state index contributed by atoms with van der Waals surface area (Å²) in [6, 6.07) is 2.35. The molecule has 1 rings (SSSR count). The van der Waals surface area contributed by atoms with Gasteiger partial charge >= 0.3 is 0 Å². The van der Waals surface area contributed by atoms with Crippen molar-refractivity contribution in [2.24, 2.45) is 23.7 Å². The van der Waals surface area contributed by atoms with Crippen molar-refractivity contribution in [2.45, 2.75) is 194 Å². The average molecular weight is 606 g/mol. The second kappa shape index (κ2) is 28.9. The molecule has 0 N–H and O–H groups in total. The number of rotatable bonds is 30. The van der Waals surface area contributed by atoms with Crippen LogP contribution in [0.4, 0.5) is 0 Å². The van der Waals surface area contributed by atoms with Gasteiger partial charge in [0.15, 0.2) is 0 Å². The molecular weight excluding hydrogens is 530 g/mol. The summed E-state index contributed by atoms with van der Waals surface area (Å²) < 4.78 is 0. The van der Waals surface area contributed by atoms with Crippen molar-refractivity contribution in [3.63, 3.8) is 0 Å². The maximum absolute atomic E-state index is 9.01. The SMILES string of the molecule is C=CCCCCCCCC1CC(CCCCCC)C(C/C=C/CCCCC)=CC1CCCCCCCC(=C)CCC(C)C#N. The molecule has 1 aliphatic rings. The molecular formula is C43H75N. The minimum atomic E-state index is 0.158. The van der Waals surface area contributed by atoms with Gasteiger partial charge in [0.1, 0.15) is 0 Å². The Hall–Kier alpha value is -1.55. The lowest BCUT2D eigenvalue weighted by Gasteiger charge is -2.36. The molecule has 0 spiro atoms. The highest BCUT2D eigenvalue weighted by Crippen LogP contribution is 2.42. The Kier molecular flexibility index (Phi) is 26.6. The molecule has 4 atom stereocenters. The van der Waals surface area contributed by atoms with Crippen LogP contribution < -0.4 is 0 Å². The highest BCUT2D eigenvalue weighted by molar-refractivity contribution is 5.17. The van der Waals surface area contributed by atoms with Gasteiger partial charge in [-0.2, -0.15) is 5.26 Å². The highest BCUT2D eigenvalue weighted by Gasteiger charge is 2.29. The van der Waals surface area contributed by atoms with Crippen molar-refractivity contribution >= 4 is 0 Å². The van der Waals surface area contributed by atoms with Crippen molar-refractivity contribution in [1.29, 1.82) is 5.26 Å². The van der Waals surface area contributed by atoms with Gasteiger partial charge in [0.05, 0.1) is 6.07 Å². The summed E-state index contributed by atoms with van der Waals surface area (Å²) in [6.45, 7) is 14.8. The zero-order valence-electron chi connectivity index (χ0n) is 30.1. The first-order chi connectivity index (χ1) is 21.5. The predicted molar refractivity (Wildman–Crippen MR) is 198 cm³/mol. The molecule has 0 amide bonds. The van der Waals surface area contributed by atoms with Crippen LogP contribution >= 0.6 is 0 Å². The van der Waals surface area contributed by atoms with Gasteiger partial charge in [0.25, 0.3) is 0 Å². The number of nitrogens with zero attached hydrogens (tertiary/aromatic N) is 1. The molecule has 0 aromatic carbocycles. The van der Waals surface area contributed by atoms with Crippen LogP contribution in [0.25, 0.3) is 0 Å². The zero-order chi connectivity index (χ0) is 32.1. The van der Waals surface area contributed by atoms with Gasteiger partial charge in [-0.05, 0) is 108 Å². The van der Waals surface area contributed by atoms with Gasteiger partial charge in [-0.15, -0.1) is 6.58 Å². The van der Waals surface area contributed by atoms with E-state index in [1.807, 2.05) is 6.92 Å². The lowest BCUT2D eigenvalue weighted by molar-refractivity contribution is 0.247. The van der Waals surface area contributed by atoms with Gasteiger partial charge in [0.2, 0.25) is 0 Å². The summed E-state index contributed by atoms with van der Waals surface area (Å²) in [5.74, 6) is 2.68. The monoisotopic (exact) mass is 606 g/mol. The number of allylic oxidation sites excluding steroid dienone is 6. The van der Waals surface area contributed by atoms with Gasteiger partial charge in [0, 0.05) is 5.92 Å². The zero-order valence-corrected chi connectivity index (χ0v) is 30.1. The Morgan fingerprint density at radius 1 is 0.795 bits per heavy atom. The number of hydrogen-bond acceptors (Lipinski definition) is 1. The molecule has 252 valence electrons. The Morgan fingerprint density at radius 2 is 1.41 bits per heavy atom. The van der Waals surface area contributed by atoms with Crippen LogP contribution in [0.2, 0.25) is 0 Å². The third kappa shape index (κ3) is 21.2. The Bertz CT molecular complexity index is 794. The van der Waals surface area contributed by atoms with Crippen LogP contribution in [-0.4, -0.2) is 0 Å². The summed E-state index contributed by atoms with van der Waals surface area (Å²) >= 11 is 0. The minimum Gasteiger partial charge on any atom is -0.198 e. The van der Waals surface area contributed by atoms with E-state index in [1.54, 1.807) is 5.57 Å². The quantitative estimate of drug-likeness (QED) is 0.0590. The average Bonchev–Trinajstić information content (AvgIpc) is 3.03. The number of hydrogen-bond donors (Lipinski definition) is 0. The van der Waals surface area contributed by atoms with Gasteiger partial charge < -0.3 is 0 Å². The molecule has 0 fully saturated rings. The summed E-state index contributed by atoms with van der Waals surface area (Å²) in [7, 11) is 0. The fourth-order valence-corrected chi connectivity index (χ4v) is 7.22. The molecule has 44 heavy (non-hydrogen) atoms. The molecule has 0 saturated heterocycles. The van der Waals surface area contributed by atoms with Crippen molar-refractivity contribution in [3.8, 4) is 6.07 Å². The van der Waals surface area contributed by atoms with E-state index >= 15 is 0 Å². The molecule has 1 nitrogen and oxygen atoms in total. The molecule has 1 heteroatoms. The number of unbranched alkanes of at least 4 members (excludes halogenated alkanes) is 15. The van der Waals surface area contributed by atoms with Crippen LogP contribution in [0.3, 0.4) is 0 Å². The molecule has 0 bridgehead atoms. The largest absolute Gasteiger partial charge is 0.198 e. The van der Waals surface area contributed by atoms with E-state index in [0.717, 1.165) is 37.0 Å². The second-order valence-corrected chi connectivity index (χ2v) is 14.4. The third-order valence-electron chi connectivity index (χ3n) is 10.2. The van der Waals surface area contributed by atoms with E-state index in [1.165, 1.54) is 160 Å². The van der Waals surface area contributed by atoms with Crippen LogP contribution in [-0.2, 0) is 0 Å². The molecule has 0 heterocycles. The van der Waals surface area contributed by atoms with Gasteiger partial charge in [-0.3, -0.25) is 0 Å². The second-order valence-electron chi connectivity index (χ2n) is 14.4. The fraction of sp³-hybridized carbons (Fsp3) is 0.791. The van der Waals surface area contributed by atoms with E-state index < -0.39 is 0 Å². The summed E-state index contributed by atoms with van der Waals surface area (Å²) in [5.41, 5.74) is 3.14. The van der Waals surface area contributed by atoms with Gasteiger partial charge in [-0.25, -0.2) is 0 Å². The molecule has 0 saturated carbocycles. The standard InChI is InChI=1S/C43H75N/c1-6-9-12-15-17-21-26-31-42-35-40(29-24-14-11-8-3)41(30-25-20-16-13-10-7-2)36-43(42)32-27-22-18-19-23-28-38(4)33-34-39(5)37-44/h6,20,25,36,39-40,42-43H,1,4,7-19,21-24,26-35H2,2-3,5H3/b25-20+. The normalized spacial score (nSPS) is 19.1. The summed E-state index contributed by atoms with van der Waals surface area (Å²) in [4.78, 5) is 0. The van der Waals surface area contributed by atoms with Crippen molar-refractivity contribution in [3.05, 3.63) is 48.6 Å². The fourth-order valence-electron chi connectivity index (χ4n) is 7.22. The number of nitriles is 1. The first-order valence-electron chi connectivity index (χ1n) is 19.6. The van der Waals surface area contributed by atoms with Crippen molar-refractivity contribution in [1.82, 2.24) is 0 Å². The van der Waals surface area contributed by atoms with Crippen molar-refractivity contribution in [2.75, 3.05) is 0 Å². The smallest absolute Gasteiger partial charge is 0.0652 e. The predicted octanol–water partition coefficient (Wildman–Crippen LogP) is 14.8. The van der Waals surface area contributed by atoms with E-state index in [-0.39, 0.29) is 5.92 Å². The van der Waals surface area contributed by atoms with E-state index in [4.69, 9.17) is 5.26 Å². The van der Waals surface area contributed by atoms with E-state index in [0.29, 0.717) is 0 Å². The highest BCUT2D eigenvalue weighted by atomic mass is 14.3. The summed E-state index contributed by atoms with van der Waals surface area (Å²) in [5, 5.41) is 9.01. The Morgan fingerprint density at radius 3 is 2.14 bits per heavy atom.